The van der Waals surface area contributed by atoms with Crippen molar-refractivity contribution in [3.63, 3.8) is 0 Å². The van der Waals surface area contributed by atoms with Crippen LogP contribution in [0.4, 0.5) is 0 Å². The summed E-state index contributed by atoms with van der Waals surface area (Å²) in [6.45, 7) is 0. The lowest BCUT2D eigenvalue weighted by Crippen LogP contribution is -2.08. The first kappa shape index (κ1) is 14.4. The van der Waals surface area contributed by atoms with E-state index in [-0.39, 0.29) is 5.02 Å². The number of halogens is 2. The molecule has 0 saturated heterocycles. The fraction of sp³-hybridized carbons (Fsp3) is 0. The lowest BCUT2D eigenvalue weighted by Gasteiger charge is -2.05. The van der Waals surface area contributed by atoms with Gasteiger partial charge in [-0.15, -0.1) is 0 Å². The van der Waals surface area contributed by atoms with Crippen molar-refractivity contribution >= 4 is 35.4 Å². The van der Waals surface area contributed by atoms with Gasteiger partial charge in [0.2, 0.25) is 0 Å². The Kier molecular flexibility index (Phi) is 4.61. The first-order chi connectivity index (χ1) is 9.60. The third-order valence-electron chi connectivity index (χ3n) is 2.45. The molecule has 4 nitrogen and oxygen atoms in total. The molecule has 0 aromatic heterocycles. The molecule has 0 saturated carbocycles. The van der Waals surface area contributed by atoms with Gasteiger partial charge in [-0.1, -0.05) is 28.4 Å². The molecule has 0 heterocycles. The Morgan fingerprint density at radius 3 is 2.40 bits per heavy atom. The van der Waals surface area contributed by atoms with Crippen molar-refractivity contribution < 1.29 is 14.7 Å². The molecular formula is C14H9Cl2NO3. The Balaban J connectivity index is 2.12. The van der Waals surface area contributed by atoms with Crippen molar-refractivity contribution in [1.29, 1.82) is 0 Å². The molecule has 0 amide bonds. The summed E-state index contributed by atoms with van der Waals surface area (Å²) in [5.74, 6) is -0.164. The van der Waals surface area contributed by atoms with E-state index in [0.717, 1.165) is 0 Å². The molecule has 0 radical (unpaired) electrons. The highest BCUT2D eigenvalue weighted by Gasteiger charge is 2.10. The highest BCUT2D eigenvalue weighted by molar-refractivity contribution is 6.42. The van der Waals surface area contributed by atoms with E-state index in [4.69, 9.17) is 33.1 Å². The number of esters is 1. The Hall–Kier alpha value is -2.04. The molecule has 0 aliphatic rings. The van der Waals surface area contributed by atoms with Gasteiger partial charge in [-0.3, -0.25) is 0 Å². The van der Waals surface area contributed by atoms with Gasteiger partial charge >= 0.3 is 5.97 Å². The molecule has 2 aromatic carbocycles. The normalized spacial score (nSPS) is 10.7. The predicted molar refractivity (Wildman–Crippen MR) is 77.2 cm³/mol. The second kappa shape index (κ2) is 6.41. The van der Waals surface area contributed by atoms with Gasteiger partial charge in [0.25, 0.3) is 0 Å². The molecule has 102 valence electrons. The van der Waals surface area contributed by atoms with Crippen LogP contribution in [0, 0.1) is 0 Å². The average Bonchev–Trinajstić information content (AvgIpc) is 2.44. The fourth-order valence-electron chi connectivity index (χ4n) is 1.48. The first-order valence-electron chi connectivity index (χ1n) is 5.55. The van der Waals surface area contributed by atoms with Gasteiger partial charge < -0.3 is 9.94 Å². The number of hydrogen-bond acceptors (Lipinski definition) is 4. The molecule has 0 bridgehead atoms. The maximum Gasteiger partial charge on any atom is 0.343 e. The number of carbonyl (C=O) groups is 1. The van der Waals surface area contributed by atoms with Crippen molar-refractivity contribution in [2.45, 2.75) is 0 Å². The number of carbonyl (C=O) groups excluding carboxylic acids is 1. The molecule has 1 N–H and O–H groups in total. The predicted octanol–water partition coefficient (Wildman–Crippen LogP) is 4.02. The second-order valence-corrected chi connectivity index (χ2v) is 4.65. The molecule has 0 unspecified atom stereocenters. The minimum Gasteiger partial charge on any atom is -0.423 e. The molecule has 0 atom stereocenters. The molecule has 2 aromatic rings. The van der Waals surface area contributed by atoms with Crippen LogP contribution in [0.1, 0.15) is 15.9 Å². The first-order valence-corrected chi connectivity index (χ1v) is 6.30. The molecular weight excluding hydrogens is 301 g/mol. The summed E-state index contributed by atoms with van der Waals surface area (Å²) in [5, 5.41) is 12.0. The van der Waals surface area contributed by atoms with Gasteiger partial charge in [0.05, 0.1) is 21.8 Å². The van der Waals surface area contributed by atoms with Crippen LogP contribution in [0.15, 0.2) is 47.6 Å². The van der Waals surface area contributed by atoms with Crippen LogP contribution in [0.25, 0.3) is 0 Å². The smallest absolute Gasteiger partial charge is 0.343 e. The summed E-state index contributed by atoms with van der Waals surface area (Å²) >= 11 is 11.6. The average molecular weight is 310 g/mol. The molecule has 0 aliphatic carbocycles. The van der Waals surface area contributed by atoms with Gasteiger partial charge in [0, 0.05) is 0 Å². The fourth-order valence-corrected chi connectivity index (χ4v) is 1.78. The second-order valence-electron chi connectivity index (χ2n) is 3.83. The van der Waals surface area contributed by atoms with Crippen LogP contribution < -0.4 is 4.74 Å². The summed E-state index contributed by atoms with van der Waals surface area (Å²) < 4.78 is 5.18. The Morgan fingerprint density at radius 1 is 1.10 bits per heavy atom. The molecule has 0 fully saturated rings. The minimum atomic E-state index is -0.535. The van der Waals surface area contributed by atoms with Crippen LogP contribution >= 0.6 is 23.2 Å². The van der Waals surface area contributed by atoms with E-state index < -0.39 is 5.97 Å². The van der Waals surface area contributed by atoms with Crippen LogP contribution in [-0.4, -0.2) is 17.4 Å². The van der Waals surface area contributed by atoms with E-state index in [1.165, 1.54) is 24.4 Å². The lowest BCUT2D eigenvalue weighted by molar-refractivity contribution is 0.0735. The van der Waals surface area contributed by atoms with Crippen molar-refractivity contribution in [2.24, 2.45) is 5.16 Å². The Labute approximate surface area is 125 Å². The zero-order valence-corrected chi connectivity index (χ0v) is 11.6. The van der Waals surface area contributed by atoms with Crippen LogP contribution in [-0.2, 0) is 0 Å². The summed E-state index contributed by atoms with van der Waals surface area (Å²) in [5.41, 5.74) is 0.988. The van der Waals surface area contributed by atoms with Gasteiger partial charge in [-0.05, 0) is 48.0 Å². The molecule has 6 heteroatoms. The third kappa shape index (κ3) is 3.50. The van der Waals surface area contributed by atoms with Gasteiger partial charge in [0.1, 0.15) is 5.75 Å². The van der Waals surface area contributed by atoms with Crippen LogP contribution in [0.3, 0.4) is 0 Å². The maximum absolute atomic E-state index is 11.9. The number of ether oxygens (including phenoxy) is 1. The lowest BCUT2D eigenvalue weighted by atomic mass is 10.2. The molecule has 0 spiro atoms. The van der Waals surface area contributed by atoms with E-state index in [1.54, 1.807) is 24.3 Å². The van der Waals surface area contributed by atoms with Crippen molar-refractivity contribution in [3.8, 4) is 5.75 Å². The Morgan fingerprint density at radius 2 is 1.80 bits per heavy atom. The van der Waals surface area contributed by atoms with Crippen molar-refractivity contribution in [3.05, 3.63) is 63.6 Å². The number of hydrogen-bond donors (Lipinski definition) is 1. The summed E-state index contributed by atoms with van der Waals surface area (Å²) in [4.78, 5) is 11.9. The van der Waals surface area contributed by atoms with E-state index >= 15 is 0 Å². The SMILES string of the molecule is O=C(Oc1ccc(/C=N\O)cc1)c1ccc(Cl)c(Cl)c1. The van der Waals surface area contributed by atoms with Crippen LogP contribution in [0.5, 0.6) is 5.75 Å². The number of benzene rings is 2. The number of oxime groups is 1. The molecule has 2 rings (SSSR count). The Bertz CT molecular complexity index is 654. The zero-order valence-electron chi connectivity index (χ0n) is 10.1. The number of rotatable bonds is 3. The molecule has 20 heavy (non-hydrogen) atoms. The quantitative estimate of drug-likeness (QED) is 0.306. The summed E-state index contributed by atoms with van der Waals surface area (Å²) in [6, 6.07) is 11.0. The largest absolute Gasteiger partial charge is 0.423 e. The minimum absolute atomic E-state index is 0.288. The topological polar surface area (TPSA) is 58.9 Å². The number of nitrogens with zero attached hydrogens (tertiary/aromatic N) is 1. The van der Waals surface area contributed by atoms with Gasteiger partial charge in [0.15, 0.2) is 0 Å². The zero-order chi connectivity index (χ0) is 14.5. The van der Waals surface area contributed by atoms with Gasteiger partial charge in [-0.2, -0.15) is 0 Å². The van der Waals surface area contributed by atoms with E-state index in [0.29, 0.717) is 21.9 Å². The van der Waals surface area contributed by atoms with E-state index in [2.05, 4.69) is 5.16 Å². The standard InChI is InChI=1S/C14H9Cl2NO3/c15-12-6-3-10(7-13(12)16)14(18)20-11-4-1-9(2-5-11)8-17-19/h1-8,19H/b17-8-. The van der Waals surface area contributed by atoms with E-state index in [9.17, 15) is 4.79 Å². The monoisotopic (exact) mass is 309 g/mol. The van der Waals surface area contributed by atoms with E-state index in [1.807, 2.05) is 0 Å². The maximum atomic E-state index is 11.9. The highest BCUT2D eigenvalue weighted by Crippen LogP contribution is 2.23. The highest BCUT2D eigenvalue weighted by atomic mass is 35.5. The third-order valence-corrected chi connectivity index (χ3v) is 3.19. The van der Waals surface area contributed by atoms with Gasteiger partial charge in [-0.25, -0.2) is 4.79 Å². The summed E-state index contributed by atoms with van der Waals surface area (Å²) in [6.07, 6.45) is 1.27. The molecule has 0 aliphatic heterocycles. The summed E-state index contributed by atoms with van der Waals surface area (Å²) in [7, 11) is 0. The van der Waals surface area contributed by atoms with Crippen molar-refractivity contribution in [1.82, 2.24) is 0 Å². The van der Waals surface area contributed by atoms with Crippen molar-refractivity contribution in [2.75, 3.05) is 0 Å². The van der Waals surface area contributed by atoms with Crippen LogP contribution in [0.2, 0.25) is 10.0 Å².